The van der Waals surface area contributed by atoms with Crippen molar-refractivity contribution in [3.63, 3.8) is 0 Å². The smallest absolute Gasteiger partial charge is 0.267 e. The SMILES string of the molecule is N#CC1(C(N)=O)OC1c1ccc2ccccc2c1. The van der Waals surface area contributed by atoms with Crippen LogP contribution < -0.4 is 5.73 Å². The van der Waals surface area contributed by atoms with E-state index >= 15 is 0 Å². The zero-order valence-corrected chi connectivity index (χ0v) is 9.46. The van der Waals surface area contributed by atoms with Crippen molar-refractivity contribution >= 4 is 16.7 Å². The van der Waals surface area contributed by atoms with E-state index in [0.29, 0.717) is 0 Å². The Kier molecular flexibility index (Phi) is 2.12. The number of ether oxygens (including phenoxy) is 1. The van der Waals surface area contributed by atoms with Crippen LogP contribution in [0.15, 0.2) is 42.5 Å². The maximum Gasteiger partial charge on any atom is 0.267 e. The van der Waals surface area contributed by atoms with Gasteiger partial charge in [0.05, 0.1) is 0 Å². The quantitative estimate of drug-likeness (QED) is 0.808. The van der Waals surface area contributed by atoms with E-state index in [4.69, 9.17) is 15.7 Å². The number of nitrogens with two attached hydrogens (primary N) is 1. The number of nitrogens with zero attached hydrogens (tertiary/aromatic N) is 1. The molecule has 0 radical (unpaired) electrons. The molecule has 0 aliphatic carbocycles. The molecule has 1 aliphatic rings. The molecule has 2 N–H and O–H groups in total. The third-order valence-electron chi connectivity index (χ3n) is 3.22. The molecule has 1 amide bonds. The van der Waals surface area contributed by atoms with Gasteiger partial charge in [0, 0.05) is 0 Å². The van der Waals surface area contributed by atoms with E-state index in [2.05, 4.69) is 0 Å². The maximum atomic E-state index is 11.2. The van der Waals surface area contributed by atoms with Gasteiger partial charge in [0.15, 0.2) is 0 Å². The molecule has 4 heteroatoms. The second-order valence-electron chi connectivity index (χ2n) is 4.32. The largest absolute Gasteiger partial charge is 0.366 e. The van der Waals surface area contributed by atoms with Crippen molar-refractivity contribution in [3.05, 3.63) is 48.0 Å². The van der Waals surface area contributed by atoms with Crippen LogP contribution in [-0.2, 0) is 9.53 Å². The first-order valence-electron chi connectivity index (χ1n) is 5.55. The van der Waals surface area contributed by atoms with Crippen molar-refractivity contribution in [2.24, 2.45) is 5.73 Å². The highest BCUT2D eigenvalue weighted by Crippen LogP contribution is 2.49. The van der Waals surface area contributed by atoms with Crippen LogP contribution in [0, 0.1) is 11.3 Å². The van der Waals surface area contributed by atoms with Crippen LogP contribution in [0.5, 0.6) is 0 Å². The summed E-state index contributed by atoms with van der Waals surface area (Å²) in [6.07, 6.45) is -0.551. The summed E-state index contributed by atoms with van der Waals surface area (Å²) in [6.45, 7) is 0. The average molecular weight is 238 g/mol. The van der Waals surface area contributed by atoms with Gasteiger partial charge in [-0.25, -0.2) is 0 Å². The van der Waals surface area contributed by atoms with Crippen LogP contribution in [0.2, 0.25) is 0 Å². The lowest BCUT2D eigenvalue weighted by molar-refractivity contribution is -0.121. The first-order chi connectivity index (χ1) is 8.67. The Bertz CT molecular complexity index is 689. The molecule has 0 bridgehead atoms. The zero-order chi connectivity index (χ0) is 12.8. The summed E-state index contributed by atoms with van der Waals surface area (Å²) < 4.78 is 5.21. The zero-order valence-electron chi connectivity index (χ0n) is 9.46. The Morgan fingerprint density at radius 2 is 2.00 bits per heavy atom. The third-order valence-corrected chi connectivity index (χ3v) is 3.22. The summed E-state index contributed by atoms with van der Waals surface area (Å²) in [7, 11) is 0. The van der Waals surface area contributed by atoms with Crippen LogP contribution in [0.25, 0.3) is 10.8 Å². The van der Waals surface area contributed by atoms with E-state index < -0.39 is 17.6 Å². The number of primary amides is 1. The minimum Gasteiger partial charge on any atom is -0.366 e. The van der Waals surface area contributed by atoms with Crippen molar-refractivity contribution in [1.29, 1.82) is 5.26 Å². The molecule has 2 aromatic carbocycles. The molecule has 4 nitrogen and oxygen atoms in total. The van der Waals surface area contributed by atoms with Crippen LogP contribution >= 0.6 is 0 Å². The van der Waals surface area contributed by atoms with Gasteiger partial charge in [0.1, 0.15) is 12.2 Å². The van der Waals surface area contributed by atoms with Gasteiger partial charge in [-0.15, -0.1) is 0 Å². The number of rotatable bonds is 2. The Morgan fingerprint density at radius 3 is 2.61 bits per heavy atom. The number of epoxide rings is 1. The predicted octanol–water partition coefficient (Wildman–Crippen LogP) is 1.66. The van der Waals surface area contributed by atoms with Gasteiger partial charge < -0.3 is 10.5 Å². The molecule has 0 spiro atoms. The lowest BCUT2D eigenvalue weighted by atomic mass is 9.98. The Morgan fingerprint density at radius 1 is 1.28 bits per heavy atom. The van der Waals surface area contributed by atoms with Crippen LogP contribution in [0.3, 0.4) is 0 Å². The summed E-state index contributed by atoms with van der Waals surface area (Å²) in [5, 5.41) is 11.1. The van der Waals surface area contributed by atoms with Gasteiger partial charge in [-0.3, -0.25) is 4.79 Å². The topological polar surface area (TPSA) is 79.4 Å². The molecular weight excluding hydrogens is 228 g/mol. The van der Waals surface area contributed by atoms with Crippen molar-refractivity contribution in [3.8, 4) is 6.07 Å². The number of nitriles is 1. The lowest BCUT2D eigenvalue weighted by Crippen LogP contribution is -2.31. The molecule has 1 fully saturated rings. The Balaban J connectivity index is 2.03. The number of carbonyl (C=O) groups excluding carboxylic acids is 1. The molecule has 88 valence electrons. The van der Waals surface area contributed by atoms with E-state index in [9.17, 15) is 4.79 Å². The summed E-state index contributed by atoms with van der Waals surface area (Å²) in [5.74, 6) is -0.733. The normalized spacial score (nSPS) is 25.6. The first kappa shape index (κ1) is 10.8. The van der Waals surface area contributed by atoms with Crippen LogP contribution in [0.1, 0.15) is 11.7 Å². The minimum absolute atomic E-state index is 0.551. The van der Waals surface area contributed by atoms with Crippen molar-refractivity contribution in [1.82, 2.24) is 0 Å². The number of amides is 1. The highest BCUT2D eigenvalue weighted by atomic mass is 16.6. The first-order valence-corrected chi connectivity index (χ1v) is 5.55. The molecule has 2 atom stereocenters. The van der Waals surface area contributed by atoms with E-state index in [-0.39, 0.29) is 0 Å². The van der Waals surface area contributed by atoms with Crippen molar-refractivity contribution in [2.45, 2.75) is 11.7 Å². The summed E-state index contributed by atoms with van der Waals surface area (Å²) in [5.41, 5.74) is 4.51. The maximum absolute atomic E-state index is 11.2. The van der Waals surface area contributed by atoms with Crippen molar-refractivity contribution < 1.29 is 9.53 Å². The average Bonchev–Trinajstić information content (AvgIpc) is 3.14. The molecule has 2 unspecified atom stereocenters. The lowest BCUT2D eigenvalue weighted by Gasteiger charge is -2.01. The fourth-order valence-corrected chi connectivity index (χ4v) is 2.15. The molecule has 1 saturated heterocycles. The van der Waals surface area contributed by atoms with Gasteiger partial charge in [-0.2, -0.15) is 5.26 Å². The number of benzene rings is 2. The summed E-state index contributed by atoms with van der Waals surface area (Å²) in [4.78, 5) is 11.2. The number of hydrogen-bond acceptors (Lipinski definition) is 3. The molecule has 2 aromatic rings. The Hall–Kier alpha value is -2.38. The number of hydrogen-bond donors (Lipinski definition) is 1. The molecule has 1 heterocycles. The van der Waals surface area contributed by atoms with Gasteiger partial charge in [0.25, 0.3) is 11.5 Å². The molecule has 0 saturated carbocycles. The highest BCUT2D eigenvalue weighted by Gasteiger charge is 2.63. The van der Waals surface area contributed by atoms with Crippen molar-refractivity contribution in [2.75, 3.05) is 0 Å². The minimum atomic E-state index is -1.48. The highest BCUT2D eigenvalue weighted by molar-refractivity contribution is 5.91. The fraction of sp³-hybridized carbons (Fsp3) is 0.143. The number of carbonyl (C=O) groups is 1. The van der Waals surface area contributed by atoms with Gasteiger partial charge in [-0.05, 0) is 22.4 Å². The van der Waals surface area contributed by atoms with Gasteiger partial charge in [-0.1, -0.05) is 36.4 Å². The van der Waals surface area contributed by atoms with E-state index in [1.165, 1.54) is 0 Å². The van der Waals surface area contributed by atoms with E-state index in [0.717, 1.165) is 16.3 Å². The van der Waals surface area contributed by atoms with Gasteiger partial charge in [0.2, 0.25) is 0 Å². The second kappa shape index (κ2) is 3.56. The van der Waals surface area contributed by atoms with E-state index in [1.807, 2.05) is 48.5 Å². The molecule has 0 aromatic heterocycles. The standard InChI is InChI=1S/C14H10N2O2/c15-8-14(13(16)17)12(18-14)11-6-5-9-3-1-2-4-10(9)7-11/h1-7,12H,(H2,16,17). The number of fused-ring (bicyclic) bond motifs is 1. The molecule has 3 rings (SSSR count). The molecular formula is C14H10N2O2. The molecule has 18 heavy (non-hydrogen) atoms. The summed E-state index contributed by atoms with van der Waals surface area (Å²) >= 11 is 0. The fourth-order valence-electron chi connectivity index (χ4n) is 2.15. The predicted molar refractivity (Wildman–Crippen MR) is 65.3 cm³/mol. The summed E-state index contributed by atoms with van der Waals surface area (Å²) in [6, 6.07) is 15.4. The van der Waals surface area contributed by atoms with Crippen LogP contribution in [0.4, 0.5) is 0 Å². The molecule has 1 aliphatic heterocycles. The van der Waals surface area contributed by atoms with E-state index in [1.54, 1.807) is 0 Å². The monoisotopic (exact) mass is 238 g/mol. The Labute approximate surface area is 104 Å². The van der Waals surface area contributed by atoms with Crippen LogP contribution in [-0.4, -0.2) is 11.5 Å². The second-order valence-corrected chi connectivity index (χ2v) is 4.32. The third kappa shape index (κ3) is 1.38. The van der Waals surface area contributed by atoms with Gasteiger partial charge >= 0.3 is 0 Å².